The van der Waals surface area contributed by atoms with Gasteiger partial charge in [0.05, 0.1) is 13.0 Å². The Morgan fingerprint density at radius 3 is 2.94 bits per heavy atom. The van der Waals surface area contributed by atoms with Gasteiger partial charge in [0, 0.05) is 19.0 Å². The summed E-state index contributed by atoms with van der Waals surface area (Å²) in [5.41, 5.74) is 0. The Bertz CT molecular complexity index is 242. The van der Waals surface area contributed by atoms with Crippen molar-refractivity contribution >= 4 is 17.5 Å². The van der Waals surface area contributed by atoms with E-state index in [9.17, 15) is 13.6 Å². The van der Waals surface area contributed by atoms with E-state index >= 15 is 0 Å². The highest BCUT2D eigenvalue weighted by Crippen LogP contribution is 2.18. The van der Waals surface area contributed by atoms with E-state index in [0.29, 0.717) is 18.3 Å². The second-order valence-corrected chi connectivity index (χ2v) is 4.53. The zero-order valence-electron chi connectivity index (χ0n) is 9.71. The summed E-state index contributed by atoms with van der Waals surface area (Å²) >= 11 is 5.77. The molecule has 1 rings (SSSR count). The fourth-order valence-corrected chi connectivity index (χ4v) is 2.16. The molecular weight excluding hydrogens is 252 g/mol. The molecule has 0 saturated carbocycles. The first-order valence-electron chi connectivity index (χ1n) is 5.83. The number of halogens is 3. The van der Waals surface area contributed by atoms with Crippen LogP contribution in [0.4, 0.5) is 8.78 Å². The molecule has 1 amide bonds. The lowest BCUT2D eigenvalue weighted by atomic mass is 10.00. The molecule has 1 atom stereocenters. The number of carbonyl (C=O) groups is 1. The molecule has 100 valence electrons. The normalized spacial score (nSPS) is 20.9. The first-order valence-corrected chi connectivity index (χ1v) is 6.36. The Kier molecular flexibility index (Phi) is 6.73. The quantitative estimate of drug-likeness (QED) is 0.546. The average molecular weight is 270 g/mol. The van der Waals surface area contributed by atoms with Gasteiger partial charge in [-0.15, -0.1) is 11.6 Å². The number of piperidine rings is 1. The number of ether oxygens (including phenoxy) is 1. The van der Waals surface area contributed by atoms with Crippen LogP contribution in [0.25, 0.3) is 0 Å². The topological polar surface area (TPSA) is 29.5 Å². The summed E-state index contributed by atoms with van der Waals surface area (Å²) in [5.74, 6) is 0.886. The fraction of sp³-hybridized carbons (Fsp3) is 0.909. The third kappa shape index (κ3) is 5.64. The van der Waals surface area contributed by atoms with Crippen LogP contribution in [0, 0.1) is 5.92 Å². The number of nitrogens with zero attached hydrogens (tertiary/aromatic N) is 1. The van der Waals surface area contributed by atoms with Crippen LogP contribution in [0.3, 0.4) is 0 Å². The predicted molar refractivity (Wildman–Crippen MR) is 61.5 cm³/mol. The Morgan fingerprint density at radius 2 is 2.29 bits per heavy atom. The van der Waals surface area contributed by atoms with Crippen molar-refractivity contribution in [2.45, 2.75) is 25.7 Å². The van der Waals surface area contributed by atoms with Crippen LogP contribution in [0.15, 0.2) is 0 Å². The minimum absolute atomic E-state index is 0.0333. The van der Waals surface area contributed by atoms with E-state index in [1.54, 1.807) is 4.90 Å². The Hall–Kier alpha value is -0.420. The number of alkyl halides is 3. The van der Waals surface area contributed by atoms with E-state index in [-0.39, 0.29) is 18.9 Å². The Balaban J connectivity index is 2.18. The molecule has 0 radical (unpaired) electrons. The van der Waals surface area contributed by atoms with Crippen molar-refractivity contribution in [1.29, 1.82) is 0 Å². The highest BCUT2D eigenvalue weighted by atomic mass is 35.5. The van der Waals surface area contributed by atoms with Crippen LogP contribution in [-0.4, -0.2) is 49.4 Å². The minimum Gasteiger partial charge on any atom is -0.375 e. The van der Waals surface area contributed by atoms with Gasteiger partial charge < -0.3 is 9.64 Å². The van der Waals surface area contributed by atoms with E-state index in [2.05, 4.69) is 4.74 Å². The molecule has 0 N–H and O–H groups in total. The number of carbonyl (C=O) groups excluding carboxylic acids is 1. The lowest BCUT2D eigenvalue weighted by molar-refractivity contribution is -0.134. The summed E-state index contributed by atoms with van der Waals surface area (Å²) in [7, 11) is 0. The summed E-state index contributed by atoms with van der Waals surface area (Å²) in [4.78, 5) is 13.5. The molecule has 1 fully saturated rings. The van der Waals surface area contributed by atoms with Gasteiger partial charge in [-0.25, -0.2) is 8.78 Å². The van der Waals surface area contributed by atoms with Crippen molar-refractivity contribution in [3.05, 3.63) is 0 Å². The molecule has 1 heterocycles. The average Bonchev–Trinajstić information content (AvgIpc) is 2.34. The van der Waals surface area contributed by atoms with Crippen molar-refractivity contribution < 1.29 is 18.3 Å². The van der Waals surface area contributed by atoms with Crippen LogP contribution in [0.2, 0.25) is 0 Å². The summed E-state index contributed by atoms with van der Waals surface area (Å²) in [5, 5.41) is 0. The minimum atomic E-state index is -2.47. The monoisotopic (exact) mass is 269 g/mol. The number of amides is 1. The molecule has 17 heavy (non-hydrogen) atoms. The number of likely N-dealkylation sites (tertiary alicyclic amines) is 1. The molecule has 0 aromatic heterocycles. The van der Waals surface area contributed by atoms with Gasteiger partial charge in [-0.05, 0) is 18.8 Å². The summed E-state index contributed by atoms with van der Waals surface area (Å²) in [6, 6.07) is 0. The lowest BCUT2D eigenvalue weighted by Crippen LogP contribution is -2.40. The zero-order chi connectivity index (χ0) is 12.7. The molecule has 1 aliphatic rings. The van der Waals surface area contributed by atoms with E-state index in [0.717, 1.165) is 19.4 Å². The third-order valence-corrected chi connectivity index (χ3v) is 3.23. The summed E-state index contributed by atoms with van der Waals surface area (Å²) in [6.45, 7) is 0.876. The van der Waals surface area contributed by atoms with Crippen LogP contribution in [-0.2, 0) is 9.53 Å². The maximum Gasteiger partial charge on any atom is 0.261 e. The second kappa shape index (κ2) is 7.82. The molecule has 1 saturated heterocycles. The van der Waals surface area contributed by atoms with Crippen molar-refractivity contribution in [3.8, 4) is 0 Å². The molecule has 0 aromatic rings. The van der Waals surface area contributed by atoms with Gasteiger partial charge in [0.25, 0.3) is 6.43 Å². The van der Waals surface area contributed by atoms with Crippen molar-refractivity contribution in [2.75, 3.05) is 32.2 Å². The molecule has 1 aliphatic heterocycles. The fourth-order valence-electron chi connectivity index (χ4n) is 1.91. The van der Waals surface area contributed by atoms with Crippen molar-refractivity contribution in [2.24, 2.45) is 5.92 Å². The lowest BCUT2D eigenvalue weighted by Gasteiger charge is -2.31. The number of hydrogen-bond donors (Lipinski definition) is 0. The van der Waals surface area contributed by atoms with Gasteiger partial charge in [-0.3, -0.25) is 4.79 Å². The van der Waals surface area contributed by atoms with E-state index < -0.39 is 13.0 Å². The van der Waals surface area contributed by atoms with E-state index in [1.807, 2.05) is 0 Å². The van der Waals surface area contributed by atoms with Gasteiger partial charge in [-0.1, -0.05) is 0 Å². The molecule has 0 spiro atoms. The first-order chi connectivity index (χ1) is 8.13. The predicted octanol–water partition coefficient (Wildman–Crippen LogP) is 2.14. The zero-order valence-corrected chi connectivity index (χ0v) is 10.5. The van der Waals surface area contributed by atoms with Gasteiger partial charge in [-0.2, -0.15) is 0 Å². The Morgan fingerprint density at radius 1 is 1.53 bits per heavy atom. The highest BCUT2D eigenvalue weighted by Gasteiger charge is 2.22. The molecule has 0 aliphatic carbocycles. The van der Waals surface area contributed by atoms with Crippen LogP contribution in [0.5, 0.6) is 0 Å². The molecule has 6 heteroatoms. The molecule has 1 unspecified atom stereocenters. The number of hydrogen-bond acceptors (Lipinski definition) is 2. The van der Waals surface area contributed by atoms with Crippen LogP contribution in [0.1, 0.15) is 19.3 Å². The van der Waals surface area contributed by atoms with Gasteiger partial charge >= 0.3 is 0 Å². The molecular formula is C11H18ClF2NO2. The van der Waals surface area contributed by atoms with Gasteiger partial charge in [0.2, 0.25) is 5.91 Å². The highest BCUT2D eigenvalue weighted by molar-refractivity contribution is 6.18. The maximum absolute atomic E-state index is 11.8. The molecule has 3 nitrogen and oxygen atoms in total. The van der Waals surface area contributed by atoms with Gasteiger partial charge in [0.15, 0.2) is 0 Å². The second-order valence-electron chi connectivity index (χ2n) is 4.22. The molecule has 0 aromatic carbocycles. The molecule has 0 bridgehead atoms. The van der Waals surface area contributed by atoms with Crippen molar-refractivity contribution in [1.82, 2.24) is 4.90 Å². The number of rotatable bonds is 6. The third-order valence-electron chi connectivity index (χ3n) is 2.79. The Labute approximate surface area is 105 Å². The van der Waals surface area contributed by atoms with Crippen molar-refractivity contribution in [3.63, 3.8) is 0 Å². The van der Waals surface area contributed by atoms with Crippen LogP contribution >= 0.6 is 11.6 Å². The first kappa shape index (κ1) is 14.6. The maximum atomic E-state index is 11.8. The largest absolute Gasteiger partial charge is 0.375 e. The van der Waals surface area contributed by atoms with E-state index in [1.165, 1.54) is 0 Å². The summed E-state index contributed by atoms with van der Waals surface area (Å²) < 4.78 is 28.2. The van der Waals surface area contributed by atoms with E-state index in [4.69, 9.17) is 11.6 Å². The smallest absolute Gasteiger partial charge is 0.261 e. The SMILES string of the molecule is O=C(CCOCC(F)F)N1CCCC(CCl)C1. The van der Waals surface area contributed by atoms with Gasteiger partial charge in [0.1, 0.15) is 6.61 Å². The standard InChI is InChI=1S/C11H18ClF2NO2/c12-6-9-2-1-4-15(7-9)11(16)3-5-17-8-10(13)14/h9-10H,1-8H2. The van der Waals surface area contributed by atoms with Crippen LogP contribution < -0.4 is 0 Å². The summed E-state index contributed by atoms with van der Waals surface area (Å²) in [6.07, 6.45) is -0.293.